The first-order chi connectivity index (χ1) is 9.70. The summed E-state index contributed by atoms with van der Waals surface area (Å²) in [4.78, 5) is 12.4. The SMILES string of the molecule is CCCCc1nnc(NC(=O)C2(OC)CCNCC2)s1.Cl. The van der Waals surface area contributed by atoms with Gasteiger partial charge in [0.05, 0.1) is 0 Å². The molecule has 1 aliphatic heterocycles. The zero-order valence-corrected chi connectivity index (χ0v) is 14.1. The van der Waals surface area contributed by atoms with E-state index in [0.29, 0.717) is 18.0 Å². The van der Waals surface area contributed by atoms with Crippen molar-refractivity contribution in [2.75, 3.05) is 25.5 Å². The molecule has 8 heteroatoms. The number of aromatic nitrogens is 2. The first-order valence-electron chi connectivity index (χ1n) is 7.10. The van der Waals surface area contributed by atoms with E-state index in [9.17, 15) is 4.79 Å². The summed E-state index contributed by atoms with van der Waals surface area (Å²) < 4.78 is 5.49. The number of ether oxygens (including phenoxy) is 1. The van der Waals surface area contributed by atoms with Crippen molar-refractivity contribution in [3.63, 3.8) is 0 Å². The van der Waals surface area contributed by atoms with Crippen LogP contribution in [0.1, 0.15) is 37.6 Å². The van der Waals surface area contributed by atoms with Gasteiger partial charge in [-0.1, -0.05) is 24.7 Å². The summed E-state index contributed by atoms with van der Waals surface area (Å²) in [5.74, 6) is -0.111. The summed E-state index contributed by atoms with van der Waals surface area (Å²) >= 11 is 1.45. The Morgan fingerprint density at radius 3 is 2.76 bits per heavy atom. The van der Waals surface area contributed by atoms with Crippen molar-refractivity contribution in [3.8, 4) is 0 Å². The minimum atomic E-state index is -0.736. The lowest BCUT2D eigenvalue weighted by Gasteiger charge is -2.34. The molecule has 1 aromatic heterocycles. The van der Waals surface area contributed by atoms with Gasteiger partial charge in [0.1, 0.15) is 10.6 Å². The van der Waals surface area contributed by atoms with Crippen LogP contribution in [0.15, 0.2) is 0 Å². The molecule has 0 atom stereocenters. The predicted octanol–water partition coefficient (Wildman–Crippen LogP) is 2.01. The quantitative estimate of drug-likeness (QED) is 0.832. The fourth-order valence-corrected chi connectivity index (χ4v) is 3.08. The molecule has 0 aliphatic carbocycles. The summed E-state index contributed by atoms with van der Waals surface area (Å²) in [6, 6.07) is 0. The maximum atomic E-state index is 12.4. The molecule has 1 fully saturated rings. The average Bonchev–Trinajstić information content (AvgIpc) is 2.93. The number of hydrogen-bond acceptors (Lipinski definition) is 6. The molecule has 1 aliphatic rings. The highest BCUT2D eigenvalue weighted by Crippen LogP contribution is 2.25. The van der Waals surface area contributed by atoms with Gasteiger partial charge in [0.25, 0.3) is 5.91 Å². The van der Waals surface area contributed by atoms with Crippen LogP contribution in [0.25, 0.3) is 0 Å². The zero-order valence-electron chi connectivity index (χ0n) is 12.5. The van der Waals surface area contributed by atoms with E-state index in [1.165, 1.54) is 11.3 Å². The molecular weight excluding hydrogens is 312 g/mol. The minimum absolute atomic E-state index is 0. The zero-order chi connectivity index (χ0) is 14.4. The number of anilines is 1. The van der Waals surface area contributed by atoms with Gasteiger partial charge in [0, 0.05) is 13.5 Å². The molecule has 21 heavy (non-hydrogen) atoms. The maximum Gasteiger partial charge on any atom is 0.258 e. The lowest BCUT2D eigenvalue weighted by molar-refractivity contribution is -0.140. The molecule has 0 spiro atoms. The Kier molecular flexibility index (Phi) is 7.51. The fourth-order valence-electron chi connectivity index (χ4n) is 2.30. The number of halogens is 1. The van der Waals surface area contributed by atoms with Crippen LogP contribution >= 0.6 is 23.7 Å². The molecule has 2 heterocycles. The number of aryl methyl sites for hydroxylation is 1. The van der Waals surface area contributed by atoms with Crippen molar-refractivity contribution in [2.45, 2.75) is 44.6 Å². The van der Waals surface area contributed by atoms with Gasteiger partial charge in [-0.3, -0.25) is 10.1 Å². The molecule has 0 bridgehead atoms. The molecule has 6 nitrogen and oxygen atoms in total. The topological polar surface area (TPSA) is 76.1 Å². The molecular formula is C13H23ClN4O2S. The second-order valence-electron chi connectivity index (χ2n) is 5.01. The molecule has 1 amide bonds. The van der Waals surface area contributed by atoms with Crippen molar-refractivity contribution < 1.29 is 9.53 Å². The van der Waals surface area contributed by atoms with E-state index in [-0.39, 0.29) is 18.3 Å². The van der Waals surface area contributed by atoms with Gasteiger partial charge in [0.2, 0.25) is 5.13 Å². The number of amides is 1. The van der Waals surface area contributed by atoms with E-state index < -0.39 is 5.60 Å². The molecule has 1 saturated heterocycles. The van der Waals surface area contributed by atoms with Crippen LogP contribution in [-0.2, 0) is 16.0 Å². The van der Waals surface area contributed by atoms with E-state index in [4.69, 9.17) is 4.74 Å². The highest BCUT2D eigenvalue weighted by molar-refractivity contribution is 7.15. The number of carbonyl (C=O) groups excluding carboxylic acids is 1. The summed E-state index contributed by atoms with van der Waals surface area (Å²) in [7, 11) is 1.59. The number of hydrogen-bond donors (Lipinski definition) is 2. The molecule has 0 radical (unpaired) electrons. The third-order valence-corrected chi connectivity index (χ3v) is 4.55. The van der Waals surface area contributed by atoms with Gasteiger partial charge in [-0.25, -0.2) is 0 Å². The number of nitrogens with zero attached hydrogens (tertiary/aromatic N) is 2. The largest absolute Gasteiger partial charge is 0.368 e. The highest BCUT2D eigenvalue weighted by Gasteiger charge is 2.40. The Labute approximate surface area is 135 Å². The second kappa shape index (κ2) is 8.63. The van der Waals surface area contributed by atoms with E-state index in [2.05, 4.69) is 27.8 Å². The standard InChI is InChI=1S/C13H22N4O2S.ClH/c1-3-4-5-10-16-17-12(20-10)15-11(18)13(19-2)6-8-14-9-7-13;/h14H,3-9H2,1-2H3,(H,15,17,18);1H. The minimum Gasteiger partial charge on any atom is -0.368 e. The first-order valence-corrected chi connectivity index (χ1v) is 7.91. The van der Waals surface area contributed by atoms with Crippen LogP contribution < -0.4 is 10.6 Å². The third kappa shape index (κ3) is 4.60. The monoisotopic (exact) mass is 334 g/mol. The molecule has 1 aromatic rings. The summed E-state index contributed by atoms with van der Waals surface area (Å²) in [5, 5.41) is 15.8. The van der Waals surface area contributed by atoms with Gasteiger partial charge < -0.3 is 10.1 Å². The van der Waals surface area contributed by atoms with E-state index >= 15 is 0 Å². The van der Waals surface area contributed by atoms with Crippen LogP contribution in [0.5, 0.6) is 0 Å². The van der Waals surface area contributed by atoms with Crippen LogP contribution in [0.4, 0.5) is 5.13 Å². The second-order valence-corrected chi connectivity index (χ2v) is 6.07. The van der Waals surface area contributed by atoms with Crippen LogP contribution in [0, 0.1) is 0 Å². The van der Waals surface area contributed by atoms with E-state index in [0.717, 1.165) is 37.4 Å². The van der Waals surface area contributed by atoms with Crippen LogP contribution in [-0.4, -0.2) is 41.9 Å². The molecule has 120 valence electrons. The number of methoxy groups -OCH3 is 1. The smallest absolute Gasteiger partial charge is 0.258 e. The predicted molar refractivity (Wildman–Crippen MR) is 86.2 cm³/mol. The summed E-state index contributed by atoms with van der Waals surface area (Å²) in [6.07, 6.45) is 4.49. The third-order valence-electron chi connectivity index (χ3n) is 3.65. The Balaban J connectivity index is 0.00000220. The number of nitrogens with one attached hydrogen (secondary N) is 2. The summed E-state index contributed by atoms with van der Waals surface area (Å²) in [5.41, 5.74) is -0.736. The molecule has 2 N–H and O–H groups in total. The Hall–Kier alpha value is -0.760. The normalized spacial score (nSPS) is 17.0. The first kappa shape index (κ1) is 18.3. The van der Waals surface area contributed by atoms with Gasteiger partial charge >= 0.3 is 0 Å². The van der Waals surface area contributed by atoms with Crippen LogP contribution in [0.3, 0.4) is 0 Å². The Morgan fingerprint density at radius 1 is 1.43 bits per heavy atom. The Morgan fingerprint density at radius 2 is 2.14 bits per heavy atom. The van der Waals surface area contributed by atoms with Crippen molar-refractivity contribution in [1.29, 1.82) is 0 Å². The van der Waals surface area contributed by atoms with E-state index in [1.54, 1.807) is 7.11 Å². The van der Waals surface area contributed by atoms with Crippen LogP contribution in [0.2, 0.25) is 0 Å². The summed E-state index contributed by atoms with van der Waals surface area (Å²) in [6.45, 7) is 3.72. The van der Waals surface area contributed by atoms with Gasteiger partial charge in [-0.15, -0.1) is 22.6 Å². The average molecular weight is 335 g/mol. The highest BCUT2D eigenvalue weighted by atomic mass is 35.5. The molecule has 0 unspecified atom stereocenters. The maximum absolute atomic E-state index is 12.4. The number of carbonyl (C=O) groups is 1. The number of unbranched alkanes of at least 4 members (excludes halogenated alkanes) is 1. The fraction of sp³-hybridized carbons (Fsp3) is 0.769. The van der Waals surface area contributed by atoms with Crippen molar-refractivity contribution in [1.82, 2.24) is 15.5 Å². The molecule has 0 aromatic carbocycles. The van der Waals surface area contributed by atoms with Gasteiger partial charge in [-0.05, 0) is 32.4 Å². The number of piperidine rings is 1. The lowest BCUT2D eigenvalue weighted by atomic mass is 9.91. The van der Waals surface area contributed by atoms with E-state index in [1.807, 2.05) is 0 Å². The van der Waals surface area contributed by atoms with Gasteiger partial charge in [0.15, 0.2) is 0 Å². The molecule has 0 saturated carbocycles. The molecule has 2 rings (SSSR count). The van der Waals surface area contributed by atoms with Crippen molar-refractivity contribution in [3.05, 3.63) is 5.01 Å². The lowest BCUT2D eigenvalue weighted by Crippen LogP contribution is -2.51. The van der Waals surface area contributed by atoms with Crippen molar-refractivity contribution in [2.24, 2.45) is 0 Å². The Bertz CT molecular complexity index is 449. The van der Waals surface area contributed by atoms with Gasteiger partial charge in [-0.2, -0.15) is 0 Å². The number of rotatable bonds is 6. The van der Waals surface area contributed by atoms with Crippen molar-refractivity contribution >= 4 is 34.8 Å².